The molecule has 0 spiro atoms. The Kier molecular flexibility index (Phi) is 6.97. The minimum atomic E-state index is -0.906. The number of aromatic nitrogens is 2. The van der Waals surface area contributed by atoms with Crippen LogP contribution in [0.2, 0.25) is 5.02 Å². The van der Waals surface area contributed by atoms with Gasteiger partial charge in [-0.25, -0.2) is 9.78 Å². The van der Waals surface area contributed by atoms with Crippen molar-refractivity contribution >= 4 is 50.6 Å². The van der Waals surface area contributed by atoms with Crippen molar-refractivity contribution < 1.29 is 19.0 Å². The molecule has 0 amide bonds. The molecule has 0 radical (unpaired) electrons. The van der Waals surface area contributed by atoms with E-state index in [0.717, 1.165) is 4.47 Å². The zero-order chi connectivity index (χ0) is 22.7. The van der Waals surface area contributed by atoms with Crippen molar-refractivity contribution in [1.82, 2.24) is 9.66 Å². The molecule has 0 aliphatic heterocycles. The lowest BCUT2D eigenvalue weighted by Crippen LogP contribution is -2.25. The lowest BCUT2D eigenvalue weighted by molar-refractivity contribution is -0.147. The zero-order valence-corrected chi connectivity index (χ0v) is 19.5. The van der Waals surface area contributed by atoms with E-state index in [9.17, 15) is 9.59 Å². The van der Waals surface area contributed by atoms with E-state index in [-0.39, 0.29) is 11.3 Å². The van der Waals surface area contributed by atoms with Crippen LogP contribution in [0.25, 0.3) is 10.9 Å². The second-order valence-electron chi connectivity index (χ2n) is 6.49. The molecule has 2 aromatic carbocycles. The Bertz CT molecular complexity index is 1240. The summed E-state index contributed by atoms with van der Waals surface area (Å²) in [5, 5.41) is 5.07. The van der Waals surface area contributed by atoms with Crippen LogP contribution in [-0.2, 0) is 9.53 Å². The van der Waals surface area contributed by atoms with Gasteiger partial charge in [0.15, 0.2) is 17.6 Å². The number of fused-ring (bicyclic) bond motifs is 1. The first-order chi connectivity index (χ1) is 14.7. The van der Waals surface area contributed by atoms with Crippen LogP contribution in [0.3, 0.4) is 0 Å². The van der Waals surface area contributed by atoms with Crippen molar-refractivity contribution in [3.8, 4) is 11.5 Å². The van der Waals surface area contributed by atoms with Gasteiger partial charge in [-0.3, -0.25) is 4.79 Å². The fourth-order valence-electron chi connectivity index (χ4n) is 2.87. The van der Waals surface area contributed by atoms with Crippen LogP contribution in [0.5, 0.6) is 11.5 Å². The molecule has 0 N–H and O–H groups in total. The Balaban J connectivity index is 2.11. The summed E-state index contributed by atoms with van der Waals surface area (Å²) in [5.74, 6) is 0.372. The molecular formula is C21H19BrClN3O5. The number of rotatable bonds is 6. The van der Waals surface area contributed by atoms with Crippen LogP contribution in [0.4, 0.5) is 0 Å². The molecule has 0 bridgehead atoms. The molecule has 3 aromatic rings. The highest BCUT2D eigenvalue weighted by Gasteiger charge is 2.20. The fraction of sp³-hybridized carbons (Fsp3) is 0.238. The van der Waals surface area contributed by atoms with Crippen LogP contribution in [0.1, 0.15) is 18.3 Å². The number of ether oxygens (including phenoxy) is 3. The van der Waals surface area contributed by atoms with Crippen LogP contribution < -0.4 is 15.0 Å². The van der Waals surface area contributed by atoms with Crippen molar-refractivity contribution in [2.24, 2.45) is 5.10 Å². The number of nitrogens with zero attached hydrogens (tertiary/aromatic N) is 3. The molecule has 0 saturated heterocycles. The molecule has 1 atom stereocenters. The number of hydrogen-bond donors (Lipinski definition) is 0. The predicted octanol–water partition coefficient (Wildman–Crippen LogP) is 3.95. The molecule has 10 heteroatoms. The third kappa shape index (κ3) is 4.88. The van der Waals surface area contributed by atoms with Crippen molar-refractivity contribution in [1.29, 1.82) is 0 Å². The first-order valence-electron chi connectivity index (χ1n) is 9.10. The van der Waals surface area contributed by atoms with E-state index in [1.165, 1.54) is 25.1 Å². The second kappa shape index (κ2) is 9.49. The summed E-state index contributed by atoms with van der Waals surface area (Å²) < 4.78 is 17.7. The minimum absolute atomic E-state index is 0.232. The van der Waals surface area contributed by atoms with Crippen molar-refractivity contribution in [3.05, 3.63) is 61.6 Å². The van der Waals surface area contributed by atoms with Gasteiger partial charge in [0.2, 0.25) is 0 Å². The Morgan fingerprint density at radius 1 is 1.29 bits per heavy atom. The Morgan fingerprint density at radius 3 is 2.71 bits per heavy atom. The summed E-state index contributed by atoms with van der Waals surface area (Å²) >= 11 is 9.55. The number of methoxy groups -OCH3 is 2. The minimum Gasteiger partial charge on any atom is -0.493 e. The van der Waals surface area contributed by atoms with Gasteiger partial charge in [0.05, 0.1) is 31.3 Å². The highest BCUT2D eigenvalue weighted by molar-refractivity contribution is 9.10. The van der Waals surface area contributed by atoms with Gasteiger partial charge in [-0.2, -0.15) is 9.78 Å². The Morgan fingerprint density at radius 2 is 2.03 bits per heavy atom. The molecule has 162 valence electrons. The van der Waals surface area contributed by atoms with Crippen LogP contribution in [0.15, 0.2) is 44.7 Å². The topological polar surface area (TPSA) is 92.0 Å². The van der Waals surface area contributed by atoms with E-state index in [4.69, 9.17) is 25.8 Å². The number of aryl methyl sites for hydroxylation is 1. The third-order valence-corrected chi connectivity index (χ3v) is 5.09. The van der Waals surface area contributed by atoms with Crippen LogP contribution >= 0.6 is 27.5 Å². The molecule has 31 heavy (non-hydrogen) atoms. The van der Waals surface area contributed by atoms with Gasteiger partial charge in [-0.05, 0) is 38.1 Å². The largest absolute Gasteiger partial charge is 0.493 e. The normalized spacial score (nSPS) is 12.2. The molecule has 1 heterocycles. The summed E-state index contributed by atoms with van der Waals surface area (Å²) in [4.78, 5) is 29.2. The number of carbonyl (C=O) groups excluding carboxylic acids is 1. The average molecular weight is 509 g/mol. The summed E-state index contributed by atoms with van der Waals surface area (Å²) in [7, 11) is 2.71. The summed E-state index contributed by atoms with van der Waals surface area (Å²) in [6.07, 6.45) is 0.490. The monoisotopic (exact) mass is 507 g/mol. The Labute approximate surface area is 191 Å². The van der Waals surface area contributed by atoms with Gasteiger partial charge >= 0.3 is 5.97 Å². The molecular weight excluding hydrogens is 490 g/mol. The van der Waals surface area contributed by atoms with E-state index in [1.807, 2.05) is 6.07 Å². The molecule has 0 aliphatic rings. The number of halogens is 2. The number of carbonyl (C=O) groups is 1. The van der Waals surface area contributed by atoms with Gasteiger partial charge in [0.1, 0.15) is 5.82 Å². The first-order valence-corrected chi connectivity index (χ1v) is 10.3. The maximum atomic E-state index is 12.9. The van der Waals surface area contributed by atoms with Crippen molar-refractivity contribution in [2.75, 3.05) is 14.2 Å². The fourth-order valence-corrected chi connectivity index (χ4v) is 3.45. The number of benzene rings is 2. The Hall–Kier alpha value is -2.91. The predicted molar refractivity (Wildman–Crippen MR) is 122 cm³/mol. The van der Waals surface area contributed by atoms with Crippen LogP contribution in [-0.4, -0.2) is 42.2 Å². The summed E-state index contributed by atoms with van der Waals surface area (Å²) in [5.41, 5.74) is 0.637. The summed E-state index contributed by atoms with van der Waals surface area (Å²) in [6, 6.07) is 8.38. The highest BCUT2D eigenvalue weighted by Crippen LogP contribution is 2.34. The molecule has 0 saturated carbocycles. The van der Waals surface area contributed by atoms with E-state index < -0.39 is 12.1 Å². The highest BCUT2D eigenvalue weighted by atomic mass is 79.9. The second-order valence-corrected chi connectivity index (χ2v) is 7.84. The molecule has 1 aromatic heterocycles. The smallest absolute Gasteiger partial charge is 0.346 e. The van der Waals surface area contributed by atoms with Gasteiger partial charge in [0, 0.05) is 21.1 Å². The lowest BCUT2D eigenvalue weighted by Gasteiger charge is -2.17. The zero-order valence-electron chi connectivity index (χ0n) is 17.2. The average Bonchev–Trinajstić information content (AvgIpc) is 2.74. The number of hydrogen-bond acceptors (Lipinski definition) is 7. The standard InChI is InChI=1S/C21H19BrClN3O5/c1-11(21(28)30-4)31-19-13(7-15(23)9-18(19)29-3)10-24-26-12(2)25-17-6-5-14(22)8-16(17)20(26)27/h5-11H,1-4H3/t11-/m0/s1. The van der Waals surface area contributed by atoms with Crippen molar-refractivity contribution in [3.63, 3.8) is 0 Å². The lowest BCUT2D eigenvalue weighted by atomic mass is 10.2. The number of esters is 1. The SMILES string of the molecule is COC(=O)[C@H](C)Oc1c(C=Nn2c(C)nc3ccc(Br)cc3c2=O)cc(Cl)cc1OC. The van der Waals surface area contributed by atoms with Gasteiger partial charge < -0.3 is 14.2 Å². The van der Waals surface area contributed by atoms with Crippen molar-refractivity contribution in [2.45, 2.75) is 20.0 Å². The maximum Gasteiger partial charge on any atom is 0.346 e. The van der Waals surface area contributed by atoms with Crippen LogP contribution in [0, 0.1) is 6.92 Å². The van der Waals surface area contributed by atoms with Gasteiger partial charge in [-0.1, -0.05) is 27.5 Å². The molecule has 0 aliphatic carbocycles. The van der Waals surface area contributed by atoms with E-state index >= 15 is 0 Å². The summed E-state index contributed by atoms with van der Waals surface area (Å²) in [6.45, 7) is 3.22. The van der Waals surface area contributed by atoms with Gasteiger partial charge in [-0.15, -0.1) is 0 Å². The quantitative estimate of drug-likeness (QED) is 0.370. The third-order valence-electron chi connectivity index (χ3n) is 4.38. The van der Waals surface area contributed by atoms with E-state index in [1.54, 1.807) is 38.1 Å². The molecule has 3 rings (SSSR count). The molecule has 0 fully saturated rings. The van der Waals surface area contributed by atoms with E-state index in [2.05, 4.69) is 26.0 Å². The first kappa shape index (κ1) is 22.8. The maximum absolute atomic E-state index is 12.9. The van der Waals surface area contributed by atoms with Gasteiger partial charge in [0.25, 0.3) is 5.56 Å². The van der Waals surface area contributed by atoms with E-state index in [0.29, 0.717) is 33.1 Å². The molecule has 8 nitrogen and oxygen atoms in total. The molecule has 0 unspecified atom stereocenters.